The molecule has 1 aromatic carbocycles. The lowest BCUT2D eigenvalue weighted by atomic mass is 9.95. The predicted molar refractivity (Wildman–Crippen MR) is 103 cm³/mol. The number of halogens is 3. The zero-order valence-electron chi connectivity index (χ0n) is 15.9. The number of aromatic nitrogens is 1. The molecule has 3 rings (SSSR count). The lowest BCUT2D eigenvalue weighted by Gasteiger charge is -2.24. The summed E-state index contributed by atoms with van der Waals surface area (Å²) in [5.41, 5.74) is -2.34. The monoisotopic (exact) mass is 403 g/mol. The predicted octanol–water partition coefficient (Wildman–Crippen LogP) is 4.59. The van der Waals surface area contributed by atoms with Gasteiger partial charge < -0.3 is 4.74 Å². The van der Waals surface area contributed by atoms with E-state index in [1.54, 1.807) is 30.3 Å². The van der Waals surface area contributed by atoms with Gasteiger partial charge in [-0.15, -0.1) is 0 Å². The lowest BCUT2D eigenvalue weighted by molar-refractivity contribution is -0.137. The van der Waals surface area contributed by atoms with Gasteiger partial charge in [-0.25, -0.2) is 0 Å². The second kappa shape index (κ2) is 8.62. The summed E-state index contributed by atoms with van der Waals surface area (Å²) in [7, 11) is 0. The average molecular weight is 403 g/mol. The van der Waals surface area contributed by atoms with Crippen LogP contribution in [0.5, 0.6) is 0 Å². The number of pyridine rings is 1. The van der Waals surface area contributed by atoms with Gasteiger partial charge in [0.25, 0.3) is 5.56 Å². The molecule has 0 N–H and O–H groups in total. The standard InChI is InChI=1S/C21H20F3N3O2/c1-2-29-19-11-7-6-10-17(19)26-27-18(14-8-4-3-5-9-14)12-16(21(22,23)24)15(13-25)20(27)28/h3-5,8-9,12,19H,2,6-7,10-11H2,1H3. The van der Waals surface area contributed by atoms with Gasteiger partial charge >= 0.3 is 6.18 Å². The van der Waals surface area contributed by atoms with Gasteiger partial charge in [-0.2, -0.15) is 28.2 Å². The summed E-state index contributed by atoms with van der Waals surface area (Å²) in [6.07, 6.45) is -2.03. The molecule has 8 heteroatoms. The second-order valence-corrected chi connectivity index (χ2v) is 6.69. The number of hydrogen-bond acceptors (Lipinski definition) is 4. The third kappa shape index (κ3) is 4.40. The third-order valence-electron chi connectivity index (χ3n) is 4.79. The van der Waals surface area contributed by atoms with E-state index in [4.69, 9.17) is 4.74 Å². The van der Waals surface area contributed by atoms with Gasteiger partial charge in [0.1, 0.15) is 11.6 Å². The summed E-state index contributed by atoms with van der Waals surface area (Å²) in [4.78, 5) is 12.9. The zero-order valence-corrected chi connectivity index (χ0v) is 15.9. The molecule has 1 fully saturated rings. The molecule has 0 amide bonds. The van der Waals surface area contributed by atoms with Crippen LogP contribution in [0, 0.1) is 11.3 Å². The summed E-state index contributed by atoms with van der Waals surface area (Å²) >= 11 is 0. The Kier molecular flexibility index (Phi) is 6.18. The SMILES string of the molecule is CCOC1CCCCC1=Nn1c(-c2ccccc2)cc(C(F)(F)F)c(C#N)c1=O. The summed E-state index contributed by atoms with van der Waals surface area (Å²) in [5, 5.41) is 13.7. The molecular formula is C21H20F3N3O2. The van der Waals surface area contributed by atoms with E-state index < -0.39 is 22.9 Å². The maximum absolute atomic E-state index is 13.5. The number of nitriles is 1. The van der Waals surface area contributed by atoms with E-state index in [1.165, 1.54) is 6.07 Å². The first kappa shape index (κ1) is 20.8. The van der Waals surface area contributed by atoms with Crippen molar-refractivity contribution in [3.05, 3.63) is 57.9 Å². The molecule has 1 atom stereocenters. The molecule has 1 unspecified atom stereocenters. The number of hydrogen-bond donors (Lipinski definition) is 0. The molecule has 0 spiro atoms. The van der Waals surface area contributed by atoms with E-state index in [-0.39, 0.29) is 11.8 Å². The van der Waals surface area contributed by atoms with Gasteiger partial charge in [0.15, 0.2) is 0 Å². The molecule has 0 bridgehead atoms. The molecule has 0 radical (unpaired) electrons. The molecule has 29 heavy (non-hydrogen) atoms. The van der Waals surface area contributed by atoms with Crippen LogP contribution in [0.4, 0.5) is 13.2 Å². The highest BCUT2D eigenvalue weighted by molar-refractivity contribution is 5.89. The smallest absolute Gasteiger partial charge is 0.372 e. The molecule has 0 aliphatic heterocycles. The number of alkyl halides is 3. The molecule has 1 aliphatic rings. The highest BCUT2D eigenvalue weighted by atomic mass is 19.4. The fraction of sp³-hybridized carbons (Fsp3) is 0.381. The Morgan fingerprint density at radius 3 is 2.62 bits per heavy atom. The van der Waals surface area contributed by atoms with Crippen LogP contribution in [-0.2, 0) is 10.9 Å². The van der Waals surface area contributed by atoms with E-state index in [1.807, 2.05) is 6.92 Å². The van der Waals surface area contributed by atoms with E-state index in [2.05, 4.69) is 5.10 Å². The van der Waals surface area contributed by atoms with Crippen molar-refractivity contribution in [1.29, 1.82) is 5.26 Å². The minimum atomic E-state index is -4.83. The van der Waals surface area contributed by atoms with Gasteiger partial charge in [0.05, 0.1) is 23.1 Å². The van der Waals surface area contributed by atoms with Gasteiger partial charge in [-0.05, 0) is 32.3 Å². The Hall–Kier alpha value is -2.92. The van der Waals surface area contributed by atoms with E-state index in [9.17, 15) is 23.2 Å². The van der Waals surface area contributed by atoms with Crippen LogP contribution in [0.2, 0.25) is 0 Å². The van der Waals surface area contributed by atoms with Gasteiger partial charge in [0.2, 0.25) is 0 Å². The van der Waals surface area contributed by atoms with Gasteiger partial charge in [-0.3, -0.25) is 4.79 Å². The maximum atomic E-state index is 13.5. The van der Waals surface area contributed by atoms with Crippen molar-refractivity contribution >= 4 is 5.71 Å². The molecular weight excluding hydrogens is 383 g/mol. The van der Waals surface area contributed by atoms with E-state index >= 15 is 0 Å². The normalized spacial score (nSPS) is 18.6. The molecule has 1 aliphatic carbocycles. The van der Waals surface area contributed by atoms with Crippen molar-refractivity contribution in [2.45, 2.75) is 44.9 Å². The Bertz CT molecular complexity index is 1000. The van der Waals surface area contributed by atoms with E-state index in [0.717, 1.165) is 30.0 Å². The first-order valence-corrected chi connectivity index (χ1v) is 9.39. The zero-order chi connectivity index (χ0) is 21.0. The van der Waals surface area contributed by atoms with Crippen LogP contribution < -0.4 is 5.56 Å². The van der Waals surface area contributed by atoms with Crippen LogP contribution in [0.25, 0.3) is 11.3 Å². The minimum Gasteiger partial charge on any atom is -0.372 e. The van der Waals surface area contributed by atoms with Crippen molar-refractivity contribution in [2.75, 3.05) is 6.61 Å². The highest BCUT2D eigenvalue weighted by Crippen LogP contribution is 2.33. The fourth-order valence-corrected chi connectivity index (χ4v) is 3.43. The Balaban J connectivity index is 2.29. The minimum absolute atomic E-state index is 0.0183. The Labute approximate surface area is 166 Å². The number of ether oxygens (including phenoxy) is 1. The van der Waals surface area contributed by atoms with Crippen LogP contribution in [0.1, 0.15) is 43.7 Å². The van der Waals surface area contributed by atoms with Crippen molar-refractivity contribution in [3.8, 4) is 17.3 Å². The Morgan fingerprint density at radius 2 is 2.00 bits per heavy atom. The lowest BCUT2D eigenvalue weighted by Crippen LogP contribution is -2.32. The van der Waals surface area contributed by atoms with Crippen molar-refractivity contribution in [1.82, 2.24) is 4.68 Å². The van der Waals surface area contributed by atoms with Crippen LogP contribution in [0.3, 0.4) is 0 Å². The van der Waals surface area contributed by atoms with Crippen molar-refractivity contribution < 1.29 is 17.9 Å². The van der Waals surface area contributed by atoms with Crippen molar-refractivity contribution in [2.24, 2.45) is 5.10 Å². The highest BCUT2D eigenvalue weighted by Gasteiger charge is 2.37. The molecule has 2 aromatic rings. The molecule has 1 aromatic heterocycles. The fourth-order valence-electron chi connectivity index (χ4n) is 3.43. The first-order valence-electron chi connectivity index (χ1n) is 9.39. The molecule has 152 valence electrons. The quantitative estimate of drug-likeness (QED) is 0.750. The number of rotatable bonds is 4. The molecule has 5 nitrogen and oxygen atoms in total. The largest absolute Gasteiger partial charge is 0.417 e. The number of benzene rings is 1. The molecule has 1 saturated carbocycles. The van der Waals surface area contributed by atoms with Gasteiger partial charge in [-0.1, -0.05) is 36.8 Å². The van der Waals surface area contributed by atoms with Crippen LogP contribution >= 0.6 is 0 Å². The summed E-state index contributed by atoms with van der Waals surface area (Å²) in [5.74, 6) is 0. The van der Waals surface area contributed by atoms with Crippen molar-refractivity contribution in [3.63, 3.8) is 0 Å². The van der Waals surface area contributed by atoms with Crippen LogP contribution in [0.15, 0.2) is 46.3 Å². The third-order valence-corrected chi connectivity index (χ3v) is 4.79. The van der Waals surface area contributed by atoms with Crippen LogP contribution in [-0.4, -0.2) is 23.1 Å². The average Bonchev–Trinajstić information content (AvgIpc) is 2.70. The Morgan fingerprint density at radius 1 is 1.28 bits per heavy atom. The first-order chi connectivity index (χ1) is 13.9. The second-order valence-electron chi connectivity index (χ2n) is 6.69. The number of nitrogens with zero attached hydrogens (tertiary/aromatic N) is 3. The van der Waals surface area contributed by atoms with E-state index in [0.29, 0.717) is 24.3 Å². The molecule has 0 saturated heterocycles. The molecule has 1 heterocycles. The maximum Gasteiger partial charge on any atom is 0.417 e. The summed E-state index contributed by atoms with van der Waals surface area (Å²) in [6.45, 7) is 2.31. The topological polar surface area (TPSA) is 67.4 Å². The van der Waals surface area contributed by atoms with Gasteiger partial charge in [0, 0.05) is 12.2 Å². The summed E-state index contributed by atoms with van der Waals surface area (Å²) in [6, 6.07) is 10.5. The summed E-state index contributed by atoms with van der Waals surface area (Å²) < 4.78 is 47.1.